The molecule has 1 aromatic heterocycles. The lowest BCUT2D eigenvalue weighted by molar-refractivity contribution is 0.670. The molecule has 0 atom stereocenters. The van der Waals surface area contributed by atoms with Crippen LogP contribution in [0.2, 0.25) is 0 Å². The summed E-state index contributed by atoms with van der Waals surface area (Å²) in [6.07, 6.45) is 0. The molecular weight excluding hydrogens is 691 g/mol. The average molecular weight is 733 g/mol. The number of hydrogen-bond donors (Lipinski definition) is 0. The van der Waals surface area contributed by atoms with E-state index >= 15 is 0 Å². The monoisotopic (exact) mass is 732 g/mol. The molecule has 0 amide bonds. The number of nitrogens with zero attached hydrogens (tertiary/aromatic N) is 1. The molecular formula is C55H35NO. The molecule has 0 bridgehead atoms. The van der Waals surface area contributed by atoms with Crippen molar-refractivity contribution in [2.24, 2.45) is 0 Å². The van der Waals surface area contributed by atoms with E-state index in [1.165, 1.54) is 6.07 Å². The summed E-state index contributed by atoms with van der Waals surface area (Å²) in [6.45, 7) is 0. The van der Waals surface area contributed by atoms with Crippen molar-refractivity contribution < 1.29 is 14.0 Å². The average Bonchev–Trinajstić information content (AvgIpc) is 3.96. The third kappa shape index (κ3) is 4.53. The van der Waals surface area contributed by atoms with Gasteiger partial charge in [0, 0.05) is 33.3 Å². The highest BCUT2D eigenvalue weighted by Gasteiger charge is 2.52. The molecule has 10 aromatic rings. The number of anilines is 3. The Bertz CT molecular complexity index is 3540. The smallest absolute Gasteiger partial charge is 0.143 e. The molecule has 2 heteroatoms. The molecule has 2 aliphatic carbocycles. The number of benzene rings is 9. The summed E-state index contributed by atoms with van der Waals surface area (Å²) in [5.74, 6) is 0. The first kappa shape index (κ1) is 25.6. The zero-order valence-electron chi connectivity index (χ0n) is 37.5. The minimum atomic E-state index is -0.743. The van der Waals surface area contributed by atoms with Gasteiger partial charge in [-0.15, -0.1) is 0 Å². The molecule has 9 aromatic carbocycles. The molecule has 0 unspecified atom stereocenters. The van der Waals surface area contributed by atoms with Crippen LogP contribution in [0, 0.1) is 0 Å². The van der Waals surface area contributed by atoms with Gasteiger partial charge in [0.25, 0.3) is 0 Å². The van der Waals surface area contributed by atoms with Gasteiger partial charge in [-0.25, -0.2) is 0 Å². The lowest BCUT2D eigenvalue weighted by atomic mass is 9.70. The van der Waals surface area contributed by atoms with E-state index in [1.807, 2.05) is 66.7 Å². The minimum absolute atomic E-state index is 0.0618. The lowest BCUT2D eigenvalue weighted by Gasteiger charge is -2.32. The summed E-state index contributed by atoms with van der Waals surface area (Å²) in [7, 11) is 0. The molecule has 1 heterocycles. The fourth-order valence-electron chi connectivity index (χ4n) is 9.40. The molecule has 0 saturated carbocycles. The van der Waals surface area contributed by atoms with Gasteiger partial charge in [-0.2, -0.15) is 0 Å². The van der Waals surface area contributed by atoms with Crippen molar-refractivity contribution in [3.63, 3.8) is 0 Å². The van der Waals surface area contributed by atoms with Gasteiger partial charge in [0.2, 0.25) is 0 Å². The summed E-state index contributed by atoms with van der Waals surface area (Å²) in [4.78, 5) is 1.60. The summed E-state index contributed by atoms with van der Waals surface area (Å²) >= 11 is 0. The Hall–Kier alpha value is -7.42. The quantitative estimate of drug-likeness (QED) is 0.175. The van der Waals surface area contributed by atoms with Gasteiger partial charge in [-0.1, -0.05) is 176 Å². The van der Waals surface area contributed by atoms with Crippen LogP contribution in [0.5, 0.6) is 0 Å². The van der Waals surface area contributed by atoms with Crippen LogP contribution in [0.1, 0.15) is 31.8 Å². The molecule has 266 valence electrons. The van der Waals surface area contributed by atoms with E-state index in [-0.39, 0.29) is 64.8 Å². The molecule has 2 aliphatic rings. The maximum atomic E-state index is 9.89. The summed E-state index contributed by atoms with van der Waals surface area (Å²) in [5.41, 5.74) is 10.5. The van der Waals surface area contributed by atoms with Crippen LogP contribution >= 0.6 is 0 Å². The Labute approximate surface area is 341 Å². The maximum Gasteiger partial charge on any atom is 0.143 e. The SMILES string of the molecule is [2H]c1cc(N(c2cccc3c2-c2ccccc2C32c3ccccc3-c3ccccc32)c2c([2H])c([2H])c(-c3ccccc3)c([2H])c2[2H])c([2H])c([2H])c1-c1cccc2c1oc1ccccc12. The molecule has 0 saturated heterocycles. The van der Waals surface area contributed by atoms with Gasteiger partial charge >= 0.3 is 0 Å². The maximum absolute atomic E-state index is 9.89. The van der Waals surface area contributed by atoms with Crippen molar-refractivity contribution in [1.82, 2.24) is 0 Å². The number of fused-ring (bicyclic) bond motifs is 13. The minimum Gasteiger partial charge on any atom is -0.455 e. The second-order valence-electron chi connectivity index (χ2n) is 14.6. The van der Waals surface area contributed by atoms with E-state index in [4.69, 9.17) is 4.42 Å². The molecule has 0 aliphatic heterocycles. The van der Waals surface area contributed by atoms with E-state index in [0.29, 0.717) is 28.0 Å². The van der Waals surface area contributed by atoms with Crippen LogP contribution in [-0.4, -0.2) is 0 Å². The summed E-state index contributed by atoms with van der Waals surface area (Å²) in [6, 6.07) is 53.2. The highest BCUT2D eigenvalue weighted by molar-refractivity contribution is 6.09. The fourth-order valence-corrected chi connectivity index (χ4v) is 9.40. The van der Waals surface area contributed by atoms with Crippen LogP contribution in [0.15, 0.2) is 217 Å². The summed E-state index contributed by atoms with van der Waals surface area (Å²) in [5, 5.41) is 1.73. The third-order valence-electron chi connectivity index (χ3n) is 11.7. The third-order valence-corrected chi connectivity index (χ3v) is 11.7. The highest BCUT2D eigenvalue weighted by Crippen LogP contribution is 2.64. The van der Waals surface area contributed by atoms with Crippen molar-refractivity contribution in [3.8, 4) is 44.5 Å². The van der Waals surface area contributed by atoms with E-state index in [2.05, 4.69) is 66.7 Å². The second kappa shape index (κ2) is 12.3. The molecule has 0 radical (unpaired) electrons. The van der Waals surface area contributed by atoms with Crippen LogP contribution in [-0.2, 0) is 5.41 Å². The largest absolute Gasteiger partial charge is 0.455 e. The van der Waals surface area contributed by atoms with E-state index in [0.717, 1.165) is 55.3 Å². The van der Waals surface area contributed by atoms with Crippen LogP contribution < -0.4 is 4.90 Å². The Morgan fingerprint density at radius 3 is 1.72 bits per heavy atom. The van der Waals surface area contributed by atoms with Gasteiger partial charge in [0.1, 0.15) is 11.2 Å². The van der Waals surface area contributed by atoms with Crippen LogP contribution in [0.3, 0.4) is 0 Å². The number of furan rings is 1. The van der Waals surface area contributed by atoms with Gasteiger partial charge in [-0.05, 0) is 92.0 Å². The van der Waals surface area contributed by atoms with Crippen molar-refractivity contribution in [3.05, 3.63) is 234 Å². The Balaban J connectivity index is 1.17. The van der Waals surface area contributed by atoms with Gasteiger partial charge < -0.3 is 9.32 Å². The van der Waals surface area contributed by atoms with Crippen molar-refractivity contribution in [2.45, 2.75) is 5.41 Å². The Morgan fingerprint density at radius 1 is 0.386 bits per heavy atom. The van der Waals surface area contributed by atoms with Crippen LogP contribution in [0.25, 0.3) is 66.4 Å². The number of para-hydroxylation sites is 2. The first-order valence-electron chi connectivity index (χ1n) is 22.6. The second-order valence-corrected chi connectivity index (χ2v) is 14.6. The van der Waals surface area contributed by atoms with Gasteiger partial charge in [-0.3, -0.25) is 0 Å². The zero-order chi connectivity index (χ0) is 43.6. The molecule has 57 heavy (non-hydrogen) atoms. The number of rotatable bonds is 5. The first-order chi connectivity index (χ1) is 31.2. The molecule has 0 N–H and O–H groups in total. The van der Waals surface area contributed by atoms with Crippen molar-refractivity contribution in [1.29, 1.82) is 0 Å². The Morgan fingerprint density at radius 2 is 0.947 bits per heavy atom. The van der Waals surface area contributed by atoms with Gasteiger partial charge in [0.15, 0.2) is 0 Å². The predicted octanol–water partition coefficient (Wildman–Crippen LogP) is 14.7. The van der Waals surface area contributed by atoms with E-state index in [9.17, 15) is 9.60 Å². The topological polar surface area (TPSA) is 16.4 Å². The number of hydrogen-bond acceptors (Lipinski definition) is 2. The van der Waals surface area contributed by atoms with Crippen molar-refractivity contribution in [2.75, 3.05) is 4.90 Å². The normalized spacial score (nSPS) is 14.8. The Kier molecular flexibility index (Phi) is 5.53. The summed E-state index contributed by atoms with van der Waals surface area (Å²) < 4.78 is 74.0. The standard InChI is InChI=1S/C55H35NO/c1-2-14-36(15-3-1)37-28-32-39(33-29-37)56(40-34-30-38(31-35-40)41-20-12-21-45-44-18-7-11-27-52(44)57-54(41)45)51-26-13-25-50-53(51)46-19-6-10-24-49(46)55(50)47-22-8-4-16-42(47)43-17-5-9-23-48(43)55/h1-35H/i28D,29D,30D,31D,32D,33D,34D. The van der Waals surface area contributed by atoms with E-state index in [1.54, 1.807) is 35.2 Å². The van der Waals surface area contributed by atoms with E-state index < -0.39 is 5.41 Å². The molecule has 12 rings (SSSR count). The zero-order valence-corrected chi connectivity index (χ0v) is 30.5. The van der Waals surface area contributed by atoms with Crippen molar-refractivity contribution >= 4 is 39.0 Å². The fraction of sp³-hybridized carbons (Fsp3) is 0.0182. The lowest BCUT2D eigenvalue weighted by Crippen LogP contribution is -2.26. The first-order valence-corrected chi connectivity index (χ1v) is 19.1. The highest BCUT2D eigenvalue weighted by atomic mass is 16.3. The molecule has 0 fully saturated rings. The van der Waals surface area contributed by atoms with Gasteiger partial charge in [0.05, 0.1) is 20.7 Å². The predicted molar refractivity (Wildman–Crippen MR) is 236 cm³/mol. The van der Waals surface area contributed by atoms with Crippen LogP contribution in [0.4, 0.5) is 17.1 Å². The molecule has 1 spiro atoms. The molecule has 2 nitrogen and oxygen atoms in total.